The third kappa shape index (κ3) is 0.960. The van der Waals surface area contributed by atoms with Gasteiger partial charge in [0.25, 0.3) is 0 Å². The van der Waals surface area contributed by atoms with Crippen molar-refractivity contribution in [3.63, 3.8) is 0 Å². The first kappa shape index (κ1) is 5.14. The lowest BCUT2D eigenvalue weighted by Crippen LogP contribution is -1.89. The van der Waals surface area contributed by atoms with Crippen molar-refractivity contribution in [1.29, 1.82) is 0 Å². The zero-order chi connectivity index (χ0) is 5.44. The van der Waals surface area contributed by atoms with E-state index in [1.165, 1.54) is 6.42 Å². The lowest BCUT2D eigenvalue weighted by molar-refractivity contribution is 0.530. The van der Waals surface area contributed by atoms with E-state index in [2.05, 4.69) is 20.8 Å². The van der Waals surface area contributed by atoms with Gasteiger partial charge in [-0.15, -0.1) is 0 Å². The van der Waals surface area contributed by atoms with Crippen LogP contribution in [0.4, 0.5) is 0 Å². The fourth-order valence-corrected chi connectivity index (χ4v) is 1.28. The molecule has 0 saturated heterocycles. The van der Waals surface area contributed by atoms with Gasteiger partial charge in [-0.1, -0.05) is 20.8 Å². The molecule has 0 unspecified atom stereocenters. The minimum absolute atomic E-state index is 0.940. The molecule has 0 N–H and O–H groups in total. The molecule has 0 bridgehead atoms. The van der Waals surface area contributed by atoms with Crippen molar-refractivity contribution in [2.24, 2.45) is 17.8 Å². The molecule has 1 aliphatic rings. The van der Waals surface area contributed by atoms with Crippen LogP contribution in [-0.2, 0) is 0 Å². The van der Waals surface area contributed by atoms with Crippen LogP contribution in [0, 0.1) is 17.8 Å². The Balaban J connectivity index is 2.20. The van der Waals surface area contributed by atoms with Gasteiger partial charge in [0.1, 0.15) is 0 Å². The molecular formula is C7H14. The van der Waals surface area contributed by atoms with Gasteiger partial charge >= 0.3 is 0 Å². The SMILES string of the molecule is CC(C)[C@@H]1C[C@@H]1C. The molecule has 0 amide bonds. The summed E-state index contributed by atoms with van der Waals surface area (Å²) in [4.78, 5) is 0. The van der Waals surface area contributed by atoms with Crippen LogP contribution in [0.15, 0.2) is 0 Å². The van der Waals surface area contributed by atoms with E-state index in [4.69, 9.17) is 0 Å². The van der Waals surface area contributed by atoms with Gasteiger partial charge in [-0.3, -0.25) is 0 Å². The molecule has 2 atom stereocenters. The molecule has 0 radical (unpaired) electrons. The summed E-state index contributed by atoms with van der Waals surface area (Å²) in [6.07, 6.45) is 1.48. The lowest BCUT2D eigenvalue weighted by Gasteiger charge is -1.97. The van der Waals surface area contributed by atoms with Crippen LogP contribution in [0.25, 0.3) is 0 Å². The Morgan fingerprint density at radius 1 is 1.43 bits per heavy atom. The van der Waals surface area contributed by atoms with Crippen molar-refractivity contribution >= 4 is 0 Å². The molecule has 0 aromatic rings. The first-order chi connectivity index (χ1) is 3.22. The maximum absolute atomic E-state index is 2.34. The maximum atomic E-state index is 2.34. The third-order valence-corrected chi connectivity index (χ3v) is 2.03. The minimum Gasteiger partial charge on any atom is -0.0625 e. The van der Waals surface area contributed by atoms with Crippen molar-refractivity contribution in [3.05, 3.63) is 0 Å². The number of hydrogen-bond donors (Lipinski definition) is 0. The van der Waals surface area contributed by atoms with Crippen LogP contribution in [0.3, 0.4) is 0 Å². The topological polar surface area (TPSA) is 0 Å². The highest BCUT2D eigenvalue weighted by Crippen LogP contribution is 2.43. The molecule has 0 aromatic heterocycles. The average Bonchev–Trinajstić information content (AvgIpc) is 2.17. The Morgan fingerprint density at radius 3 is 1.86 bits per heavy atom. The fraction of sp³-hybridized carbons (Fsp3) is 1.00. The summed E-state index contributed by atoms with van der Waals surface area (Å²) in [5.74, 6) is 3.05. The molecule has 0 aromatic carbocycles. The van der Waals surface area contributed by atoms with Gasteiger partial charge in [0.2, 0.25) is 0 Å². The molecular weight excluding hydrogens is 84.1 g/mol. The van der Waals surface area contributed by atoms with Gasteiger partial charge in [0.15, 0.2) is 0 Å². The Bertz CT molecular complexity index is 64.4. The van der Waals surface area contributed by atoms with Crippen LogP contribution >= 0.6 is 0 Å². The molecule has 0 spiro atoms. The van der Waals surface area contributed by atoms with E-state index in [1.807, 2.05) is 0 Å². The normalized spacial score (nSPS) is 39.4. The molecule has 1 aliphatic carbocycles. The van der Waals surface area contributed by atoms with E-state index in [0.29, 0.717) is 0 Å². The van der Waals surface area contributed by atoms with Gasteiger partial charge in [0, 0.05) is 0 Å². The van der Waals surface area contributed by atoms with Crippen molar-refractivity contribution in [2.45, 2.75) is 27.2 Å². The largest absolute Gasteiger partial charge is 0.0625 e. The molecule has 0 aliphatic heterocycles. The second kappa shape index (κ2) is 1.50. The second-order valence-corrected chi connectivity index (χ2v) is 3.12. The summed E-state index contributed by atoms with van der Waals surface area (Å²) in [6, 6.07) is 0. The van der Waals surface area contributed by atoms with E-state index in [1.54, 1.807) is 0 Å². The van der Waals surface area contributed by atoms with Gasteiger partial charge in [0.05, 0.1) is 0 Å². The van der Waals surface area contributed by atoms with E-state index >= 15 is 0 Å². The standard InChI is InChI=1S/C7H14/c1-5(2)7-4-6(7)3/h5-7H,4H2,1-3H3/t6-,7-/m0/s1. The van der Waals surface area contributed by atoms with Gasteiger partial charge in [-0.05, 0) is 24.2 Å². The van der Waals surface area contributed by atoms with E-state index in [0.717, 1.165) is 17.8 Å². The quantitative estimate of drug-likeness (QED) is 0.472. The summed E-state index contributed by atoms with van der Waals surface area (Å²) in [7, 11) is 0. The third-order valence-electron chi connectivity index (χ3n) is 2.03. The predicted molar refractivity (Wildman–Crippen MR) is 32.1 cm³/mol. The van der Waals surface area contributed by atoms with Crippen LogP contribution in [0.1, 0.15) is 27.2 Å². The Morgan fingerprint density at radius 2 is 1.86 bits per heavy atom. The average molecular weight is 98.2 g/mol. The van der Waals surface area contributed by atoms with E-state index in [-0.39, 0.29) is 0 Å². The minimum atomic E-state index is 0.940. The highest BCUT2D eigenvalue weighted by Gasteiger charge is 2.34. The van der Waals surface area contributed by atoms with Crippen molar-refractivity contribution in [3.8, 4) is 0 Å². The lowest BCUT2D eigenvalue weighted by atomic mass is 10.1. The molecule has 0 nitrogen and oxygen atoms in total. The van der Waals surface area contributed by atoms with E-state index < -0.39 is 0 Å². The van der Waals surface area contributed by atoms with Crippen LogP contribution in [0.2, 0.25) is 0 Å². The zero-order valence-electron chi connectivity index (χ0n) is 5.44. The first-order valence-electron chi connectivity index (χ1n) is 3.22. The smallest absolute Gasteiger partial charge is 0.0363 e. The van der Waals surface area contributed by atoms with Crippen LogP contribution in [0.5, 0.6) is 0 Å². The molecule has 7 heavy (non-hydrogen) atoms. The number of rotatable bonds is 1. The summed E-state index contributed by atoms with van der Waals surface area (Å²) in [6.45, 7) is 6.97. The summed E-state index contributed by atoms with van der Waals surface area (Å²) in [5.41, 5.74) is 0. The molecule has 1 rings (SSSR count). The Labute approximate surface area is 45.9 Å². The van der Waals surface area contributed by atoms with Gasteiger partial charge < -0.3 is 0 Å². The first-order valence-corrected chi connectivity index (χ1v) is 3.22. The number of hydrogen-bond acceptors (Lipinski definition) is 0. The fourth-order valence-electron chi connectivity index (χ4n) is 1.28. The molecule has 0 heteroatoms. The summed E-state index contributed by atoms with van der Waals surface area (Å²) >= 11 is 0. The van der Waals surface area contributed by atoms with E-state index in [9.17, 15) is 0 Å². The summed E-state index contributed by atoms with van der Waals surface area (Å²) < 4.78 is 0. The Kier molecular flexibility index (Phi) is 1.10. The Hall–Kier alpha value is 0. The van der Waals surface area contributed by atoms with Crippen molar-refractivity contribution < 1.29 is 0 Å². The predicted octanol–water partition coefficient (Wildman–Crippen LogP) is 2.30. The van der Waals surface area contributed by atoms with Gasteiger partial charge in [-0.25, -0.2) is 0 Å². The highest BCUT2D eigenvalue weighted by atomic mass is 14.4. The summed E-state index contributed by atoms with van der Waals surface area (Å²) in [5, 5.41) is 0. The molecule has 42 valence electrons. The molecule has 1 saturated carbocycles. The maximum Gasteiger partial charge on any atom is -0.0363 e. The monoisotopic (exact) mass is 98.1 g/mol. The van der Waals surface area contributed by atoms with Crippen molar-refractivity contribution in [2.75, 3.05) is 0 Å². The highest BCUT2D eigenvalue weighted by molar-refractivity contribution is 4.84. The van der Waals surface area contributed by atoms with Crippen molar-refractivity contribution in [1.82, 2.24) is 0 Å². The molecule has 1 fully saturated rings. The van der Waals surface area contributed by atoms with Gasteiger partial charge in [-0.2, -0.15) is 0 Å². The molecule has 0 heterocycles. The van der Waals surface area contributed by atoms with Crippen LogP contribution in [-0.4, -0.2) is 0 Å². The van der Waals surface area contributed by atoms with Crippen LogP contribution < -0.4 is 0 Å². The zero-order valence-corrected chi connectivity index (χ0v) is 5.44. The second-order valence-electron chi connectivity index (χ2n) is 3.12.